The Balaban J connectivity index is 0.000000781. The molecule has 1 heterocycles. The van der Waals surface area contributed by atoms with E-state index in [4.69, 9.17) is 10.2 Å². The second kappa shape index (κ2) is 15.7. The molecule has 2 rings (SSSR count). The van der Waals surface area contributed by atoms with Crippen molar-refractivity contribution in [2.45, 2.75) is 19.3 Å². The van der Waals surface area contributed by atoms with Gasteiger partial charge >= 0.3 is 17.6 Å². The summed E-state index contributed by atoms with van der Waals surface area (Å²) in [7, 11) is 3.03. The first-order valence-corrected chi connectivity index (χ1v) is 11.6. The molecule has 1 atom stereocenters. The average Bonchev–Trinajstić information content (AvgIpc) is 2.87. The number of non-ortho nitro benzene ring substituents is 1. The maximum absolute atomic E-state index is 12.0. The van der Waals surface area contributed by atoms with Crippen molar-refractivity contribution in [2.24, 2.45) is 14.1 Å². The van der Waals surface area contributed by atoms with Crippen molar-refractivity contribution in [3.8, 4) is 0 Å². The van der Waals surface area contributed by atoms with E-state index in [0.717, 1.165) is 23.1 Å². The van der Waals surface area contributed by atoms with E-state index in [-0.39, 0.29) is 23.8 Å². The topological polar surface area (TPSA) is 197 Å². The first kappa shape index (κ1) is 31.7. The number of aromatic nitrogens is 2. The molecule has 0 saturated heterocycles. The number of aliphatic hydroxyl groups is 1. The van der Waals surface area contributed by atoms with Crippen molar-refractivity contribution in [2.75, 3.05) is 38.1 Å². The fourth-order valence-electron chi connectivity index (χ4n) is 3.33. The molecular weight excluding hydrogens is 502 g/mol. The normalized spacial score (nSPS) is 11.6. The molecule has 4 N–H and O–H groups in total. The lowest BCUT2D eigenvalue weighted by molar-refractivity contribution is -0.384. The number of nitrogens with one attached hydrogen (secondary N) is 1. The molecule has 0 saturated carbocycles. The van der Waals surface area contributed by atoms with Crippen molar-refractivity contribution in [3.05, 3.63) is 79.0 Å². The summed E-state index contributed by atoms with van der Waals surface area (Å²) in [6.45, 7) is 4.45. The molecule has 0 radical (unpaired) electrons. The molecule has 1 aromatic carbocycles. The molecule has 1 aromatic heterocycles. The van der Waals surface area contributed by atoms with Crippen molar-refractivity contribution in [1.29, 1.82) is 0 Å². The number of nitro groups is 1. The van der Waals surface area contributed by atoms with Crippen LogP contribution < -0.4 is 16.6 Å². The standard InChI is InChI=1S/C20H29N5O5.C4H4O4/c1-15(16-4-6-17(7-5-16)25(29)30)8-10-24(12-13-26)11-9-21-18-14-19(27)23(3)20(28)22(18)2;5-3(6)1-2-4(7)8/h4-7,14-15,21,26H,8-13H2,1-3H3;1-2H,(H,5,6)(H,7,8)/b;2-1+. The van der Waals surface area contributed by atoms with E-state index in [0.29, 0.717) is 37.6 Å². The number of carboxylic acids is 2. The molecule has 0 aliphatic heterocycles. The molecule has 14 heteroatoms. The van der Waals surface area contributed by atoms with Gasteiger partial charge in [-0.05, 0) is 24.4 Å². The van der Waals surface area contributed by atoms with Gasteiger partial charge in [-0.1, -0.05) is 19.1 Å². The van der Waals surface area contributed by atoms with E-state index in [9.17, 15) is 34.4 Å². The highest BCUT2D eigenvalue weighted by Crippen LogP contribution is 2.22. The molecule has 2 aromatic rings. The molecule has 38 heavy (non-hydrogen) atoms. The highest BCUT2D eigenvalue weighted by Gasteiger charge is 2.12. The van der Waals surface area contributed by atoms with Gasteiger partial charge in [-0.15, -0.1) is 0 Å². The maximum Gasteiger partial charge on any atom is 0.332 e. The van der Waals surface area contributed by atoms with Gasteiger partial charge in [0.2, 0.25) is 0 Å². The Labute approximate surface area is 218 Å². The molecule has 0 amide bonds. The lowest BCUT2D eigenvalue weighted by Crippen LogP contribution is -2.38. The summed E-state index contributed by atoms with van der Waals surface area (Å²) < 4.78 is 2.43. The van der Waals surface area contributed by atoms with E-state index in [2.05, 4.69) is 17.1 Å². The summed E-state index contributed by atoms with van der Waals surface area (Å²) in [6, 6.07) is 7.95. The number of hydrogen-bond donors (Lipinski definition) is 4. The zero-order valence-electron chi connectivity index (χ0n) is 21.4. The molecule has 0 bridgehead atoms. The number of nitrogens with zero attached hydrogens (tertiary/aromatic N) is 4. The predicted molar refractivity (Wildman–Crippen MR) is 139 cm³/mol. The number of anilines is 1. The van der Waals surface area contributed by atoms with Crippen LogP contribution in [0.25, 0.3) is 0 Å². The summed E-state index contributed by atoms with van der Waals surface area (Å²) in [4.78, 5) is 55.4. The smallest absolute Gasteiger partial charge is 0.332 e. The summed E-state index contributed by atoms with van der Waals surface area (Å²) in [5.74, 6) is -1.86. The largest absolute Gasteiger partial charge is 0.478 e. The highest BCUT2D eigenvalue weighted by molar-refractivity contribution is 5.89. The van der Waals surface area contributed by atoms with Crippen LogP contribution in [0.2, 0.25) is 0 Å². The van der Waals surface area contributed by atoms with Gasteiger partial charge in [0.1, 0.15) is 5.82 Å². The molecule has 0 aliphatic rings. The number of aliphatic carboxylic acids is 2. The third-order valence-corrected chi connectivity index (χ3v) is 5.60. The lowest BCUT2D eigenvalue weighted by Gasteiger charge is -2.24. The van der Waals surface area contributed by atoms with Gasteiger partial charge in [-0.2, -0.15) is 0 Å². The summed E-state index contributed by atoms with van der Waals surface area (Å²) >= 11 is 0. The van der Waals surface area contributed by atoms with Crippen molar-refractivity contribution in [1.82, 2.24) is 14.0 Å². The number of aliphatic hydroxyl groups excluding tert-OH is 1. The van der Waals surface area contributed by atoms with Crippen LogP contribution in [0.4, 0.5) is 11.5 Å². The molecule has 0 spiro atoms. The monoisotopic (exact) mass is 535 g/mol. The van der Waals surface area contributed by atoms with Crippen molar-refractivity contribution in [3.63, 3.8) is 0 Å². The molecule has 1 unspecified atom stereocenters. The second-order valence-electron chi connectivity index (χ2n) is 8.31. The van der Waals surface area contributed by atoms with Gasteiger partial charge in [0.05, 0.1) is 11.5 Å². The first-order chi connectivity index (χ1) is 17.9. The minimum absolute atomic E-state index is 0.0241. The van der Waals surface area contributed by atoms with Gasteiger partial charge in [-0.3, -0.25) is 28.9 Å². The predicted octanol–water partition coefficient (Wildman–Crippen LogP) is 0.604. The minimum atomic E-state index is -1.26. The molecule has 0 aliphatic carbocycles. The maximum atomic E-state index is 12.0. The number of carboxylic acid groups (broad SMARTS) is 2. The molecule has 0 fully saturated rings. The Morgan fingerprint density at radius 1 is 1.05 bits per heavy atom. The quantitative estimate of drug-likeness (QED) is 0.159. The number of hydrogen-bond acceptors (Lipinski definition) is 9. The van der Waals surface area contributed by atoms with E-state index >= 15 is 0 Å². The van der Waals surface area contributed by atoms with Crippen LogP contribution in [-0.4, -0.2) is 79.0 Å². The number of benzene rings is 1. The summed E-state index contributed by atoms with van der Waals surface area (Å²) in [5, 5.41) is 38.9. The van der Waals surface area contributed by atoms with Crippen LogP contribution in [0.3, 0.4) is 0 Å². The van der Waals surface area contributed by atoms with Gasteiger partial charge < -0.3 is 20.6 Å². The molecule has 208 valence electrons. The Morgan fingerprint density at radius 2 is 1.63 bits per heavy atom. The van der Waals surface area contributed by atoms with Gasteiger partial charge in [0.15, 0.2) is 0 Å². The lowest BCUT2D eigenvalue weighted by atomic mass is 9.97. The first-order valence-electron chi connectivity index (χ1n) is 11.6. The molecule has 14 nitrogen and oxygen atoms in total. The van der Waals surface area contributed by atoms with Crippen LogP contribution in [0.15, 0.2) is 52.1 Å². The number of carbonyl (C=O) groups is 2. The average molecular weight is 536 g/mol. The fraction of sp³-hybridized carbons (Fsp3) is 0.417. The zero-order chi connectivity index (χ0) is 28.8. The summed E-state index contributed by atoms with van der Waals surface area (Å²) in [5.41, 5.74) is 0.334. The Kier molecular flexibility index (Phi) is 13.1. The van der Waals surface area contributed by atoms with Crippen molar-refractivity contribution >= 4 is 23.4 Å². The van der Waals surface area contributed by atoms with Crippen LogP contribution in [-0.2, 0) is 23.7 Å². The minimum Gasteiger partial charge on any atom is -0.478 e. The summed E-state index contributed by atoms with van der Waals surface area (Å²) in [6.07, 6.45) is 1.94. The van der Waals surface area contributed by atoms with E-state index in [1.807, 2.05) is 0 Å². The van der Waals surface area contributed by atoms with Crippen LogP contribution >= 0.6 is 0 Å². The Morgan fingerprint density at radius 3 is 2.13 bits per heavy atom. The highest BCUT2D eigenvalue weighted by atomic mass is 16.6. The Hall–Kier alpha value is -4.30. The van der Waals surface area contributed by atoms with Gasteiger partial charge in [-0.25, -0.2) is 14.4 Å². The SMILES string of the molecule is CC(CCN(CCO)CCNc1cc(=O)n(C)c(=O)n1C)c1ccc([N+](=O)[O-])cc1.O=C(O)/C=C/C(=O)O. The van der Waals surface area contributed by atoms with Gasteiger partial charge in [0.25, 0.3) is 11.2 Å². The van der Waals surface area contributed by atoms with E-state index in [1.165, 1.54) is 29.8 Å². The zero-order valence-corrected chi connectivity index (χ0v) is 21.4. The number of nitro benzene ring substituents is 1. The van der Waals surface area contributed by atoms with E-state index < -0.39 is 22.6 Å². The third kappa shape index (κ3) is 10.8. The van der Waals surface area contributed by atoms with Crippen LogP contribution in [0.1, 0.15) is 24.8 Å². The van der Waals surface area contributed by atoms with Crippen LogP contribution in [0, 0.1) is 10.1 Å². The third-order valence-electron chi connectivity index (χ3n) is 5.60. The van der Waals surface area contributed by atoms with Crippen LogP contribution in [0.5, 0.6) is 0 Å². The fourth-order valence-corrected chi connectivity index (χ4v) is 3.33. The second-order valence-corrected chi connectivity index (χ2v) is 8.31. The number of rotatable bonds is 13. The van der Waals surface area contributed by atoms with E-state index in [1.54, 1.807) is 19.2 Å². The van der Waals surface area contributed by atoms with Gasteiger partial charge in [0, 0.05) is 64.1 Å². The van der Waals surface area contributed by atoms with Crippen molar-refractivity contribution < 1.29 is 29.8 Å². The molecular formula is C24H33N5O9. The Bertz CT molecular complexity index is 1220.